The summed E-state index contributed by atoms with van der Waals surface area (Å²) in [7, 11) is 0. The molecule has 1 N–H and O–H groups in total. The Hall–Kier alpha value is -1.45. The molecule has 1 rings (SSSR count). The number of aromatic carboxylic acids is 1. The molecule has 23 heavy (non-hydrogen) atoms. The number of carboxylic acid groups (broad SMARTS) is 1. The number of carbonyl (C=O) groups is 1. The highest BCUT2D eigenvalue weighted by Crippen LogP contribution is 2.13. The van der Waals surface area contributed by atoms with Crippen molar-refractivity contribution < 1.29 is 9.90 Å². The molecule has 0 aromatic carbocycles. The fourth-order valence-corrected chi connectivity index (χ4v) is 2.86. The highest BCUT2D eigenvalue weighted by Gasteiger charge is 2.11. The first-order chi connectivity index (χ1) is 11.3. The molecule has 4 heteroatoms. The summed E-state index contributed by atoms with van der Waals surface area (Å²) in [5, 5.41) is 9.05. The quantitative estimate of drug-likeness (QED) is 0.465. The van der Waals surface area contributed by atoms with Crippen molar-refractivity contribution in [1.29, 1.82) is 0 Å². The van der Waals surface area contributed by atoms with E-state index >= 15 is 0 Å². The number of aryl methyl sites for hydroxylation is 1. The van der Waals surface area contributed by atoms with Crippen LogP contribution in [0, 0.1) is 0 Å². The zero-order chi connectivity index (χ0) is 16.8. The second kappa shape index (κ2) is 13.0. The topological polar surface area (TPSA) is 63.1 Å². The van der Waals surface area contributed by atoms with E-state index in [0.29, 0.717) is 12.1 Å². The third kappa shape index (κ3) is 9.32. The maximum atomic E-state index is 11.0. The molecular formula is C19H32N2O2. The summed E-state index contributed by atoms with van der Waals surface area (Å²) in [6, 6.07) is 0. The van der Waals surface area contributed by atoms with Gasteiger partial charge in [0, 0.05) is 12.4 Å². The Bertz CT molecular complexity index is 435. The monoisotopic (exact) mass is 320 g/mol. The summed E-state index contributed by atoms with van der Waals surface area (Å²) in [4.78, 5) is 19.1. The Morgan fingerprint density at radius 2 is 1.30 bits per heavy atom. The van der Waals surface area contributed by atoms with E-state index in [1.165, 1.54) is 70.4 Å². The summed E-state index contributed by atoms with van der Waals surface area (Å²) in [5.74, 6) is -0.980. The van der Waals surface area contributed by atoms with Crippen LogP contribution in [0.5, 0.6) is 0 Å². The van der Waals surface area contributed by atoms with Gasteiger partial charge in [-0.25, -0.2) is 9.78 Å². The lowest BCUT2D eigenvalue weighted by atomic mass is 10.0. The molecule has 1 aromatic heterocycles. The standard InChI is InChI=1S/C19H32N2O2/c1-2-3-4-5-6-7-8-9-10-11-12-13-14-17-18(19(22)23)21-16-15-20-17/h15-16H,2-14H2,1H3,(H,22,23). The summed E-state index contributed by atoms with van der Waals surface area (Å²) >= 11 is 0. The van der Waals surface area contributed by atoms with Gasteiger partial charge in [0.1, 0.15) is 0 Å². The van der Waals surface area contributed by atoms with Gasteiger partial charge in [-0.05, 0) is 12.8 Å². The maximum Gasteiger partial charge on any atom is 0.356 e. The van der Waals surface area contributed by atoms with Crippen molar-refractivity contribution in [3.63, 3.8) is 0 Å². The van der Waals surface area contributed by atoms with Crippen LogP contribution in [0.2, 0.25) is 0 Å². The molecule has 4 nitrogen and oxygen atoms in total. The average Bonchev–Trinajstić information content (AvgIpc) is 2.56. The number of carboxylic acids is 1. The Morgan fingerprint density at radius 1 is 0.826 bits per heavy atom. The molecule has 0 aliphatic carbocycles. The molecule has 0 amide bonds. The molecule has 0 aliphatic rings. The van der Waals surface area contributed by atoms with Crippen LogP contribution < -0.4 is 0 Å². The van der Waals surface area contributed by atoms with Crippen LogP contribution in [-0.2, 0) is 6.42 Å². The zero-order valence-corrected chi connectivity index (χ0v) is 14.6. The number of hydrogen-bond donors (Lipinski definition) is 1. The van der Waals surface area contributed by atoms with E-state index in [1.54, 1.807) is 6.20 Å². The van der Waals surface area contributed by atoms with Crippen molar-refractivity contribution in [1.82, 2.24) is 9.97 Å². The highest BCUT2D eigenvalue weighted by atomic mass is 16.4. The van der Waals surface area contributed by atoms with Crippen molar-refractivity contribution >= 4 is 5.97 Å². The predicted octanol–water partition coefficient (Wildman–Crippen LogP) is 5.42. The van der Waals surface area contributed by atoms with E-state index in [4.69, 9.17) is 5.11 Å². The van der Waals surface area contributed by atoms with E-state index in [0.717, 1.165) is 12.8 Å². The summed E-state index contributed by atoms with van der Waals surface area (Å²) in [5.41, 5.74) is 0.725. The average molecular weight is 320 g/mol. The molecule has 1 heterocycles. The number of rotatable bonds is 14. The van der Waals surface area contributed by atoms with Gasteiger partial charge in [-0.2, -0.15) is 0 Å². The van der Waals surface area contributed by atoms with Gasteiger partial charge < -0.3 is 5.11 Å². The minimum Gasteiger partial charge on any atom is -0.476 e. The normalized spacial score (nSPS) is 10.8. The van der Waals surface area contributed by atoms with Crippen LogP contribution >= 0.6 is 0 Å². The van der Waals surface area contributed by atoms with Crippen LogP contribution in [0.3, 0.4) is 0 Å². The van der Waals surface area contributed by atoms with Crippen LogP contribution in [0.15, 0.2) is 12.4 Å². The van der Waals surface area contributed by atoms with E-state index in [9.17, 15) is 4.79 Å². The van der Waals surface area contributed by atoms with Gasteiger partial charge in [0.2, 0.25) is 0 Å². The fraction of sp³-hybridized carbons (Fsp3) is 0.737. The zero-order valence-electron chi connectivity index (χ0n) is 14.6. The predicted molar refractivity (Wildman–Crippen MR) is 93.8 cm³/mol. The van der Waals surface area contributed by atoms with Crippen molar-refractivity contribution in [3.05, 3.63) is 23.8 Å². The minimum atomic E-state index is -0.980. The Labute approximate surface area is 140 Å². The molecule has 1 aromatic rings. The van der Waals surface area contributed by atoms with Gasteiger partial charge in [-0.3, -0.25) is 4.98 Å². The molecule has 0 saturated carbocycles. The van der Waals surface area contributed by atoms with E-state index < -0.39 is 5.97 Å². The third-order valence-electron chi connectivity index (χ3n) is 4.24. The van der Waals surface area contributed by atoms with Crippen LogP contribution in [-0.4, -0.2) is 21.0 Å². The van der Waals surface area contributed by atoms with E-state index in [2.05, 4.69) is 16.9 Å². The Kier molecular flexibility index (Phi) is 11.1. The van der Waals surface area contributed by atoms with Gasteiger partial charge in [0.25, 0.3) is 0 Å². The van der Waals surface area contributed by atoms with Gasteiger partial charge in [0.05, 0.1) is 5.69 Å². The van der Waals surface area contributed by atoms with Crippen molar-refractivity contribution in [2.24, 2.45) is 0 Å². The van der Waals surface area contributed by atoms with Gasteiger partial charge in [-0.15, -0.1) is 0 Å². The molecule has 0 fully saturated rings. The lowest BCUT2D eigenvalue weighted by Gasteiger charge is -2.04. The fourth-order valence-electron chi connectivity index (χ4n) is 2.86. The smallest absolute Gasteiger partial charge is 0.356 e. The number of aromatic nitrogens is 2. The summed E-state index contributed by atoms with van der Waals surface area (Å²) in [6.07, 6.45) is 19.4. The second-order valence-corrected chi connectivity index (χ2v) is 6.30. The van der Waals surface area contributed by atoms with Crippen molar-refractivity contribution in [2.75, 3.05) is 0 Å². The summed E-state index contributed by atoms with van der Waals surface area (Å²) < 4.78 is 0. The first-order valence-corrected chi connectivity index (χ1v) is 9.29. The summed E-state index contributed by atoms with van der Waals surface area (Å²) in [6.45, 7) is 2.26. The van der Waals surface area contributed by atoms with Crippen molar-refractivity contribution in [2.45, 2.75) is 90.4 Å². The number of unbranched alkanes of at least 4 members (excludes halogenated alkanes) is 11. The molecule has 0 bridgehead atoms. The second-order valence-electron chi connectivity index (χ2n) is 6.30. The van der Waals surface area contributed by atoms with E-state index in [-0.39, 0.29) is 5.69 Å². The van der Waals surface area contributed by atoms with Gasteiger partial charge in [0.15, 0.2) is 5.69 Å². The van der Waals surface area contributed by atoms with Crippen LogP contribution in [0.1, 0.15) is 100 Å². The van der Waals surface area contributed by atoms with Gasteiger partial charge >= 0.3 is 5.97 Å². The first-order valence-electron chi connectivity index (χ1n) is 9.29. The Balaban J connectivity index is 1.97. The molecule has 0 atom stereocenters. The van der Waals surface area contributed by atoms with Crippen molar-refractivity contribution in [3.8, 4) is 0 Å². The molecule has 0 spiro atoms. The maximum absolute atomic E-state index is 11.0. The number of hydrogen-bond acceptors (Lipinski definition) is 3. The highest BCUT2D eigenvalue weighted by molar-refractivity contribution is 5.86. The molecule has 0 radical (unpaired) electrons. The molecule has 130 valence electrons. The first kappa shape index (κ1) is 19.6. The van der Waals surface area contributed by atoms with E-state index in [1.807, 2.05) is 0 Å². The molecule has 0 unspecified atom stereocenters. The third-order valence-corrected chi connectivity index (χ3v) is 4.24. The molecular weight excluding hydrogens is 288 g/mol. The lowest BCUT2D eigenvalue weighted by Crippen LogP contribution is -2.07. The lowest BCUT2D eigenvalue weighted by molar-refractivity contribution is 0.0688. The SMILES string of the molecule is CCCCCCCCCCCCCCc1nccnc1C(=O)O. The van der Waals surface area contributed by atoms with Gasteiger partial charge in [-0.1, -0.05) is 77.6 Å². The van der Waals surface area contributed by atoms with Crippen LogP contribution in [0.25, 0.3) is 0 Å². The van der Waals surface area contributed by atoms with Crippen LogP contribution in [0.4, 0.5) is 0 Å². The number of nitrogens with zero attached hydrogens (tertiary/aromatic N) is 2. The minimum absolute atomic E-state index is 0.107. The largest absolute Gasteiger partial charge is 0.476 e. The molecule has 0 aliphatic heterocycles. The Morgan fingerprint density at radius 3 is 1.83 bits per heavy atom. The molecule has 0 saturated heterocycles.